The third-order valence-electron chi connectivity index (χ3n) is 4.62. The van der Waals surface area contributed by atoms with E-state index in [1.165, 1.54) is 6.33 Å². The largest absolute Gasteiger partial charge is 0.489 e. The van der Waals surface area contributed by atoms with Crippen molar-refractivity contribution in [2.24, 2.45) is 0 Å². The lowest BCUT2D eigenvalue weighted by molar-refractivity contribution is 0.102. The number of aromatic nitrogens is 3. The smallest absolute Gasteiger partial charge is 0.146 e. The fourth-order valence-electron chi connectivity index (χ4n) is 3.19. The van der Waals surface area contributed by atoms with E-state index >= 15 is 0 Å². The average molecular weight is 425 g/mol. The highest BCUT2D eigenvalue weighted by atomic mass is 35.5. The van der Waals surface area contributed by atoms with Crippen LogP contribution in [-0.4, -0.2) is 44.4 Å². The van der Waals surface area contributed by atoms with E-state index in [9.17, 15) is 10.2 Å². The molecule has 8 heteroatoms. The predicted octanol–water partition coefficient (Wildman–Crippen LogP) is 3.68. The van der Waals surface area contributed by atoms with Gasteiger partial charge in [-0.2, -0.15) is 0 Å². The molecule has 0 aliphatic rings. The molecule has 0 saturated heterocycles. The summed E-state index contributed by atoms with van der Waals surface area (Å²) in [7, 11) is 0. The number of hydrogen-bond acceptors (Lipinski definition) is 6. The van der Waals surface area contributed by atoms with Gasteiger partial charge >= 0.3 is 0 Å². The zero-order valence-corrected chi connectivity index (χ0v) is 16.8. The molecule has 0 saturated carbocycles. The Labute approximate surface area is 178 Å². The molecule has 0 amide bonds. The van der Waals surface area contributed by atoms with E-state index < -0.39 is 6.10 Å². The van der Waals surface area contributed by atoms with Crippen molar-refractivity contribution in [1.29, 1.82) is 0 Å². The summed E-state index contributed by atoms with van der Waals surface area (Å²) >= 11 is 6.02. The van der Waals surface area contributed by atoms with Gasteiger partial charge in [-0.15, -0.1) is 0 Å². The molecule has 4 aromatic rings. The first kappa shape index (κ1) is 20.2. The first-order chi connectivity index (χ1) is 14.6. The van der Waals surface area contributed by atoms with Crippen molar-refractivity contribution in [1.82, 2.24) is 15.0 Å². The quantitative estimate of drug-likeness (QED) is 0.399. The number of ether oxygens (including phenoxy) is 1. The summed E-state index contributed by atoms with van der Waals surface area (Å²) in [6.45, 7) is 0.176. The molecule has 2 aromatic carbocycles. The maximum atomic E-state index is 10.1. The summed E-state index contributed by atoms with van der Waals surface area (Å²) < 4.78 is 5.85. The van der Waals surface area contributed by atoms with Crippen LogP contribution in [-0.2, 0) is 6.61 Å². The second-order valence-corrected chi connectivity index (χ2v) is 7.24. The average Bonchev–Trinajstić information content (AvgIpc) is 3.25. The van der Waals surface area contributed by atoms with E-state index in [4.69, 9.17) is 16.3 Å². The highest BCUT2D eigenvalue weighted by Gasteiger charge is 2.19. The fourth-order valence-corrected chi connectivity index (χ4v) is 3.37. The van der Waals surface area contributed by atoms with Gasteiger partial charge in [0, 0.05) is 16.9 Å². The van der Waals surface area contributed by atoms with Gasteiger partial charge in [0.1, 0.15) is 30.1 Å². The van der Waals surface area contributed by atoms with Gasteiger partial charge in [-0.1, -0.05) is 29.8 Å². The number of nitrogens with zero attached hydrogens (tertiary/aromatic N) is 3. The van der Waals surface area contributed by atoms with Gasteiger partial charge < -0.3 is 24.8 Å². The lowest BCUT2D eigenvalue weighted by Crippen LogP contribution is -2.31. The number of rotatable bonds is 8. The summed E-state index contributed by atoms with van der Waals surface area (Å²) in [5, 5.41) is 21.0. The van der Waals surface area contributed by atoms with Crippen molar-refractivity contribution < 1.29 is 14.9 Å². The van der Waals surface area contributed by atoms with Crippen LogP contribution in [0.4, 0.5) is 11.5 Å². The van der Waals surface area contributed by atoms with Crippen LogP contribution < -0.4 is 9.64 Å². The number of anilines is 2. The minimum absolute atomic E-state index is 0.173. The van der Waals surface area contributed by atoms with Gasteiger partial charge in [-0.3, -0.25) is 0 Å². The molecule has 3 N–H and O–H groups in total. The molecule has 2 heterocycles. The molecule has 0 fully saturated rings. The molecule has 0 radical (unpaired) electrons. The molecular formula is C22H21ClN4O3. The first-order valence-electron chi connectivity index (χ1n) is 9.46. The van der Waals surface area contributed by atoms with Crippen LogP contribution in [0, 0.1) is 0 Å². The van der Waals surface area contributed by atoms with Crippen LogP contribution in [0.25, 0.3) is 11.0 Å². The molecule has 0 aliphatic heterocycles. The van der Waals surface area contributed by atoms with Crippen molar-refractivity contribution in [2.75, 3.05) is 18.1 Å². The Hall–Kier alpha value is -3.13. The summed E-state index contributed by atoms with van der Waals surface area (Å²) in [4.78, 5) is 13.6. The maximum absolute atomic E-state index is 10.1. The number of fused-ring (bicyclic) bond motifs is 1. The Bertz CT molecular complexity index is 1130. The van der Waals surface area contributed by atoms with Gasteiger partial charge in [0.05, 0.1) is 24.6 Å². The molecule has 1 unspecified atom stereocenters. The second-order valence-electron chi connectivity index (χ2n) is 6.80. The normalized spacial score (nSPS) is 12.1. The molecule has 1 atom stereocenters. The maximum Gasteiger partial charge on any atom is 0.146 e. The Morgan fingerprint density at radius 2 is 1.97 bits per heavy atom. The number of nitrogens with one attached hydrogen (secondary N) is 1. The van der Waals surface area contributed by atoms with E-state index in [1.807, 2.05) is 47.4 Å². The topological polar surface area (TPSA) is 94.5 Å². The minimum Gasteiger partial charge on any atom is -0.489 e. The zero-order valence-electron chi connectivity index (χ0n) is 16.1. The van der Waals surface area contributed by atoms with Crippen LogP contribution in [0.15, 0.2) is 67.1 Å². The number of halogens is 1. The molecule has 0 bridgehead atoms. The van der Waals surface area contributed by atoms with Crippen molar-refractivity contribution >= 4 is 34.1 Å². The Morgan fingerprint density at radius 1 is 1.10 bits per heavy atom. The Morgan fingerprint density at radius 3 is 2.80 bits per heavy atom. The molecule has 0 aliphatic carbocycles. The number of aromatic amines is 1. The standard InChI is InChI=1S/C22H21ClN4O3/c23-16-4-2-6-19(10-16)30-13-15-3-1-5-17(9-15)27(11-18(29)12-28)22-20-7-8-24-21(20)25-14-26-22/h1-10,14,18,28-29H,11-13H2,(H,24,25,26). The van der Waals surface area contributed by atoms with Crippen molar-refractivity contribution in [3.8, 4) is 5.75 Å². The SMILES string of the molecule is OCC(O)CN(c1cccc(COc2cccc(Cl)c2)c1)c1ncnc2[nH]ccc12. The monoisotopic (exact) mass is 424 g/mol. The lowest BCUT2D eigenvalue weighted by Gasteiger charge is -2.26. The van der Waals surface area contributed by atoms with Gasteiger partial charge in [-0.25, -0.2) is 9.97 Å². The number of aliphatic hydroxyl groups excluding tert-OH is 2. The van der Waals surface area contributed by atoms with E-state index in [0.29, 0.717) is 28.8 Å². The Balaban J connectivity index is 1.64. The van der Waals surface area contributed by atoms with Crippen LogP contribution in [0.1, 0.15) is 5.56 Å². The summed E-state index contributed by atoms with van der Waals surface area (Å²) in [6, 6.07) is 16.9. The van der Waals surface area contributed by atoms with Gasteiger partial charge in [0.25, 0.3) is 0 Å². The van der Waals surface area contributed by atoms with Gasteiger partial charge in [0.2, 0.25) is 0 Å². The van der Waals surface area contributed by atoms with Crippen molar-refractivity contribution in [3.63, 3.8) is 0 Å². The number of benzene rings is 2. The highest BCUT2D eigenvalue weighted by molar-refractivity contribution is 6.30. The third kappa shape index (κ3) is 4.54. The van der Waals surface area contributed by atoms with Gasteiger partial charge in [-0.05, 0) is 42.0 Å². The van der Waals surface area contributed by atoms with E-state index in [-0.39, 0.29) is 13.2 Å². The van der Waals surface area contributed by atoms with Crippen molar-refractivity contribution in [2.45, 2.75) is 12.7 Å². The lowest BCUT2D eigenvalue weighted by atomic mass is 10.1. The van der Waals surface area contributed by atoms with Crippen LogP contribution in [0.2, 0.25) is 5.02 Å². The van der Waals surface area contributed by atoms with Crippen molar-refractivity contribution in [3.05, 3.63) is 77.7 Å². The molecule has 4 rings (SSSR count). The molecule has 154 valence electrons. The summed E-state index contributed by atoms with van der Waals surface area (Å²) in [5.41, 5.74) is 2.45. The van der Waals surface area contributed by atoms with Crippen LogP contribution in [0.3, 0.4) is 0 Å². The third-order valence-corrected chi connectivity index (χ3v) is 4.85. The van der Waals surface area contributed by atoms with E-state index in [1.54, 1.807) is 18.3 Å². The Kier molecular flexibility index (Phi) is 6.13. The molecule has 0 spiro atoms. The second kappa shape index (κ2) is 9.13. The predicted molar refractivity (Wildman–Crippen MR) is 116 cm³/mol. The fraction of sp³-hybridized carbons (Fsp3) is 0.182. The molecule has 30 heavy (non-hydrogen) atoms. The summed E-state index contributed by atoms with van der Waals surface area (Å²) in [6.07, 6.45) is 2.33. The van der Waals surface area contributed by atoms with Crippen LogP contribution in [0.5, 0.6) is 5.75 Å². The number of hydrogen-bond donors (Lipinski definition) is 3. The van der Waals surface area contributed by atoms with Crippen LogP contribution >= 0.6 is 11.6 Å². The molecule has 2 aromatic heterocycles. The minimum atomic E-state index is -0.930. The molecular weight excluding hydrogens is 404 g/mol. The first-order valence-corrected chi connectivity index (χ1v) is 9.83. The molecule has 7 nitrogen and oxygen atoms in total. The van der Waals surface area contributed by atoms with E-state index in [2.05, 4.69) is 15.0 Å². The number of aliphatic hydroxyl groups is 2. The number of H-pyrrole nitrogens is 1. The van der Waals surface area contributed by atoms with E-state index in [0.717, 1.165) is 16.6 Å². The highest BCUT2D eigenvalue weighted by Crippen LogP contribution is 2.30. The van der Waals surface area contributed by atoms with Gasteiger partial charge in [0.15, 0.2) is 0 Å². The zero-order chi connectivity index (χ0) is 20.9. The summed E-state index contributed by atoms with van der Waals surface area (Å²) in [5.74, 6) is 1.33.